The topological polar surface area (TPSA) is 215 Å². The van der Waals surface area contributed by atoms with E-state index in [-0.39, 0.29) is 31.6 Å². The van der Waals surface area contributed by atoms with Gasteiger partial charge in [0.15, 0.2) is 11.1 Å². The van der Waals surface area contributed by atoms with E-state index in [0.717, 1.165) is 12.8 Å². The monoisotopic (exact) mass is 642 g/mol. The third kappa shape index (κ3) is 31.9. The second kappa shape index (κ2) is 27.9. The van der Waals surface area contributed by atoms with Crippen LogP contribution >= 0.6 is 69.5 Å². The Labute approximate surface area is 247 Å². The molecule has 0 heterocycles. The summed E-state index contributed by atoms with van der Waals surface area (Å²) in [6.45, 7) is 6.96. The van der Waals surface area contributed by atoms with E-state index in [1.54, 1.807) is 25.6 Å². The lowest BCUT2D eigenvalue weighted by atomic mass is 9.99. The minimum atomic E-state index is -1.19. The summed E-state index contributed by atoms with van der Waals surface area (Å²) in [4.78, 5) is 53.2. The quantitative estimate of drug-likeness (QED) is 0.182. The van der Waals surface area contributed by atoms with E-state index in [9.17, 15) is 9.59 Å². The van der Waals surface area contributed by atoms with Crippen molar-refractivity contribution in [2.75, 3.05) is 11.5 Å². The number of nitrogens with zero attached hydrogens (tertiary/aromatic N) is 4. The van der Waals surface area contributed by atoms with Gasteiger partial charge in [-0.2, -0.15) is 39.9 Å². The molecule has 2 unspecified atom stereocenters. The Bertz CT molecular complexity index is 929. The molecular weight excluding hydrogens is 617 g/mol. The Balaban J connectivity index is -0.000000252. The van der Waals surface area contributed by atoms with Gasteiger partial charge in [-0.15, -0.1) is 23.5 Å². The molecule has 0 aliphatic rings. The molecule has 0 aromatic carbocycles. The first-order chi connectivity index (χ1) is 17.7. The van der Waals surface area contributed by atoms with Crippen molar-refractivity contribution in [3.63, 3.8) is 0 Å². The molecule has 12 nitrogen and oxygen atoms in total. The van der Waals surface area contributed by atoms with Crippen molar-refractivity contribution < 1.29 is 39.0 Å². The van der Waals surface area contributed by atoms with E-state index in [2.05, 4.69) is 10.2 Å². The number of carbonyl (C=O) groups is 2. The van der Waals surface area contributed by atoms with Gasteiger partial charge in [-0.3, -0.25) is 9.59 Å². The van der Waals surface area contributed by atoms with Crippen LogP contribution in [0.4, 0.5) is 0 Å². The summed E-state index contributed by atoms with van der Waals surface area (Å²) in [5.41, 5.74) is -2.15. The minimum absolute atomic E-state index is 0.0769. The summed E-state index contributed by atoms with van der Waals surface area (Å²) in [5, 5.41) is 42.5. The Kier molecular flexibility index (Phi) is 31.5. The number of hydrogen-bond acceptors (Lipinski definition) is 16. The summed E-state index contributed by atoms with van der Waals surface area (Å²) in [7, 11) is 2.90. The number of carbonyl (C=O) groups excluding carboxylic acids is 4. The number of hydrogen-bond donors (Lipinski definition) is 2. The molecule has 0 aromatic heterocycles. The van der Waals surface area contributed by atoms with Gasteiger partial charge in [-0.1, -0.05) is 38.3 Å². The van der Waals surface area contributed by atoms with E-state index in [1.807, 2.05) is 19.1 Å². The maximum atomic E-state index is 10.4. The number of azo groups is 1. The molecule has 0 spiro atoms. The van der Waals surface area contributed by atoms with E-state index in [1.165, 1.54) is 40.3 Å². The molecule has 0 saturated heterocycles. The lowest BCUT2D eigenvalue weighted by Crippen LogP contribution is -2.23. The molecular formula is C20H26N4O8S6. The van der Waals surface area contributed by atoms with Gasteiger partial charge in [0, 0.05) is 12.2 Å². The summed E-state index contributed by atoms with van der Waals surface area (Å²) in [6.07, 6.45) is 1.05. The van der Waals surface area contributed by atoms with E-state index < -0.39 is 23.0 Å². The molecule has 0 fully saturated rings. The number of thioether (sulfide) groups is 2. The largest absolute Gasteiger partial charge is 0.481 e. The highest BCUT2D eigenvalue weighted by atomic mass is 33.1. The number of carboxylic acid groups (broad SMARTS) is 2. The van der Waals surface area contributed by atoms with Crippen molar-refractivity contribution in [3.8, 4) is 12.1 Å². The fourth-order valence-electron chi connectivity index (χ4n) is 1.33. The van der Waals surface area contributed by atoms with Crippen LogP contribution in [0.1, 0.15) is 53.4 Å². The van der Waals surface area contributed by atoms with Crippen LogP contribution in [0, 0.1) is 22.7 Å². The Morgan fingerprint density at radius 2 is 1.21 bits per heavy atom. The predicted octanol–water partition coefficient (Wildman–Crippen LogP) is 5.01. The molecule has 0 aliphatic carbocycles. The zero-order valence-electron chi connectivity index (χ0n) is 20.8. The zero-order chi connectivity index (χ0) is 30.6. The van der Waals surface area contributed by atoms with E-state index in [0.29, 0.717) is 12.2 Å². The summed E-state index contributed by atoms with van der Waals surface area (Å²) < 4.78 is 1.60. The molecule has 2 N–H and O–H groups in total. The molecule has 0 radical (unpaired) electrons. The van der Waals surface area contributed by atoms with Crippen LogP contribution in [-0.2, 0) is 28.8 Å². The number of thiocarbonyl (C=S) groups is 2. The molecule has 18 heteroatoms. The standard InChI is InChI=1S/C11H16N4O2.C7H10O2S6.2CO2/c1-4-10(2,7-12)14-15-11(3,8-13)6-5-9(16)17;1-2-12-6(10)14-15-7(11)13-4-3-5(8)9;2*2-1-3/h4-6H2,1-3H3,(H,16,17);2-4H2,1H3,(H,8,9);;. The fourth-order valence-corrected chi connectivity index (χ4v) is 6.23. The first-order valence-electron chi connectivity index (χ1n) is 10.1. The predicted molar refractivity (Wildman–Crippen MR) is 153 cm³/mol. The molecule has 2 atom stereocenters. The zero-order valence-corrected chi connectivity index (χ0v) is 25.7. The minimum Gasteiger partial charge on any atom is -0.481 e. The highest BCUT2D eigenvalue weighted by Crippen LogP contribution is 2.34. The third-order valence-electron chi connectivity index (χ3n) is 3.46. The SMILES string of the molecule is CCC(C)(C#N)N=NC(C)(C#N)CCC(=O)O.CCSC(=S)SSC(=S)SCCC(=O)O.O=C=O.O=C=O. The molecule has 0 aliphatic heterocycles. The van der Waals surface area contributed by atoms with Gasteiger partial charge in [0.05, 0.1) is 18.6 Å². The van der Waals surface area contributed by atoms with Gasteiger partial charge in [-0.25, -0.2) is 0 Å². The van der Waals surface area contributed by atoms with Crippen LogP contribution in [0.25, 0.3) is 0 Å². The van der Waals surface area contributed by atoms with Gasteiger partial charge in [0.25, 0.3) is 0 Å². The number of nitriles is 2. The van der Waals surface area contributed by atoms with Crippen LogP contribution in [0.2, 0.25) is 0 Å². The van der Waals surface area contributed by atoms with Crippen molar-refractivity contribution >= 4 is 101 Å². The molecule has 38 heavy (non-hydrogen) atoms. The van der Waals surface area contributed by atoms with E-state index in [4.69, 9.17) is 64.4 Å². The second-order valence-corrected chi connectivity index (χ2v) is 13.4. The molecule has 0 bridgehead atoms. The summed E-state index contributed by atoms with van der Waals surface area (Å²) >= 11 is 13.1. The molecule has 210 valence electrons. The number of carboxylic acids is 2. The van der Waals surface area contributed by atoms with Gasteiger partial charge in [0.2, 0.25) is 0 Å². The summed E-state index contributed by atoms with van der Waals surface area (Å²) in [5.74, 6) is -0.291. The average molecular weight is 643 g/mol. The first kappa shape index (κ1) is 42.9. The second-order valence-electron chi connectivity index (χ2n) is 6.48. The average Bonchev–Trinajstić information content (AvgIpc) is 2.86. The van der Waals surface area contributed by atoms with Crippen LogP contribution in [-0.4, -0.2) is 64.1 Å². The highest BCUT2D eigenvalue weighted by Gasteiger charge is 2.27. The first-order valence-corrected chi connectivity index (χ1v) is 15.0. The van der Waals surface area contributed by atoms with Crippen LogP contribution in [0.5, 0.6) is 0 Å². The number of aliphatic carboxylic acids is 2. The number of rotatable bonds is 10. The molecule has 0 aromatic rings. The molecule has 0 amide bonds. The Morgan fingerprint density at radius 1 is 0.816 bits per heavy atom. The van der Waals surface area contributed by atoms with Crippen LogP contribution in [0.3, 0.4) is 0 Å². The van der Waals surface area contributed by atoms with E-state index >= 15 is 0 Å². The highest BCUT2D eigenvalue weighted by molar-refractivity contribution is 8.96. The van der Waals surface area contributed by atoms with Crippen molar-refractivity contribution in [1.29, 1.82) is 10.5 Å². The smallest absolute Gasteiger partial charge is 0.373 e. The van der Waals surface area contributed by atoms with Crippen LogP contribution in [0.15, 0.2) is 10.2 Å². The van der Waals surface area contributed by atoms with Gasteiger partial charge >= 0.3 is 24.2 Å². The Morgan fingerprint density at radius 3 is 1.55 bits per heavy atom. The molecule has 0 saturated carbocycles. The lowest BCUT2D eigenvalue weighted by Gasteiger charge is -2.17. The summed E-state index contributed by atoms with van der Waals surface area (Å²) in [6, 6.07) is 3.92. The fraction of sp³-hybridized carbons (Fsp3) is 0.600. The van der Waals surface area contributed by atoms with Crippen molar-refractivity contribution in [2.24, 2.45) is 10.2 Å². The van der Waals surface area contributed by atoms with Gasteiger partial charge < -0.3 is 10.2 Å². The lowest BCUT2D eigenvalue weighted by molar-refractivity contribution is -0.193. The van der Waals surface area contributed by atoms with Gasteiger partial charge in [0.1, 0.15) is 7.06 Å². The molecule has 0 rings (SSSR count). The van der Waals surface area contributed by atoms with Gasteiger partial charge in [-0.05, 0) is 54.0 Å². The third-order valence-corrected chi connectivity index (χ3v) is 9.92. The van der Waals surface area contributed by atoms with Crippen molar-refractivity contribution in [1.82, 2.24) is 0 Å². The van der Waals surface area contributed by atoms with Crippen LogP contribution < -0.4 is 0 Å². The maximum Gasteiger partial charge on any atom is 0.373 e. The van der Waals surface area contributed by atoms with Crippen molar-refractivity contribution in [3.05, 3.63) is 0 Å². The Hall–Kier alpha value is -2.14. The van der Waals surface area contributed by atoms with Crippen molar-refractivity contribution in [2.45, 2.75) is 64.5 Å². The normalized spacial score (nSPS) is 12.3. The maximum absolute atomic E-state index is 10.4.